The van der Waals surface area contributed by atoms with Crippen molar-refractivity contribution < 1.29 is 29.0 Å². The molecule has 2 rings (SSSR count). The normalized spacial score (nSPS) is 28.3. The summed E-state index contributed by atoms with van der Waals surface area (Å²) in [7, 11) is 0. The first-order chi connectivity index (χ1) is 12.5. The third-order valence-electron chi connectivity index (χ3n) is 4.66. The molecule has 0 aromatic heterocycles. The Morgan fingerprint density at radius 1 is 1.04 bits per heavy atom. The Labute approximate surface area is 159 Å². The molecule has 1 aromatic rings. The molecule has 0 heterocycles. The fourth-order valence-electron chi connectivity index (χ4n) is 3.70. The van der Waals surface area contributed by atoms with E-state index in [4.69, 9.17) is 9.47 Å². The number of ether oxygens (including phenoxy) is 2. The molecule has 1 N–H and O–H groups in total. The van der Waals surface area contributed by atoms with Gasteiger partial charge in [-0.25, -0.2) is 0 Å². The molecule has 1 aliphatic carbocycles. The summed E-state index contributed by atoms with van der Waals surface area (Å²) in [5, 5.41) is 10.9. The standard InChI is InChI=1S/C21H28O6/c1-12(2)26-19(23)17-15(22)11-21(5,25)18(20(24)27-13(3)4)16(17)14-9-7-6-8-10-14/h6-10,12-13,16-18,25H,11H2,1-5H3/t16-,17+,18-,21-/m1/s1. The molecule has 0 aliphatic heterocycles. The minimum atomic E-state index is -1.63. The van der Waals surface area contributed by atoms with Gasteiger partial charge in [0.2, 0.25) is 0 Å². The number of hydrogen-bond donors (Lipinski definition) is 1. The maximum Gasteiger partial charge on any atom is 0.317 e. The zero-order valence-electron chi connectivity index (χ0n) is 16.5. The fraction of sp³-hybridized carbons (Fsp3) is 0.571. The van der Waals surface area contributed by atoms with Crippen LogP contribution in [0.25, 0.3) is 0 Å². The molecule has 148 valence electrons. The molecule has 0 radical (unpaired) electrons. The molecule has 1 saturated carbocycles. The maximum absolute atomic E-state index is 12.9. The van der Waals surface area contributed by atoms with Gasteiger partial charge in [0, 0.05) is 12.3 Å². The smallest absolute Gasteiger partial charge is 0.317 e. The lowest BCUT2D eigenvalue weighted by Crippen LogP contribution is -2.55. The highest BCUT2D eigenvalue weighted by atomic mass is 16.5. The van der Waals surface area contributed by atoms with Crippen molar-refractivity contribution in [3.8, 4) is 0 Å². The van der Waals surface area contributed by atoms with Crippen molar-refractivity contribution in [2.24, 2.45) is 11.8 Å². The molecular formula is C21H28O6. The Bertz CT molecular complexity index is 684. The van der Waals surface area contributed by atoms with Crippen LogP contribution in [-0.4, -0.2) is 40.6 Å². The Kier molecular flexibility index (Phi) is 6.42. The molecule has 27 heavy (non-hydrogen) atoms. The predicted octanol–water partition coefficient (Wildman–Crippen LogP) is 2.63. The van der Waals surface area contributed by atoms with E-state index in [1.165, 1.54) is 6.92 Å². The quantitative estimate of drug-likeness (QED) is 0.628. The zero-order chi connectivity index (χ0) is 20.4. The fourth-order valence-corrected chi connectivity index (χ4v) is 3.70. The molecule has 1 aliphatic rings. The summed E-state index contributed by atoms with van der Waals surface area (Å²) in [6, 6.07) is 8.81. The molecule has 0 saturated heterocycles. The highest BCUT2D eigenvalue weighted by Crippen LogP contribution is 2.46. The molecule has 6 nitrogen and oxygen atoms in total. The first kappa shape index (κ1) is 21.1. The number of carbonyl (C=O) groups excluding carboxylic acids is 3. The van der Waals surface area contributed by atoms with Gasteiger partial charge < -0.3 is 14.6 Å². The lowest BCUT2D eigenvalue weighted by atomic mass is 9.61. The molecule has 0 amide bonds. The molecule has 1 fully saturated rings. The van der Waals surface area contributed by atoms with Crippen LogP contribution in [0, 0.1) is 11.8 Å². The van der Waals surface area contributed by atoms with Crippen molar-refractivity contribution in [3.63, 3.8) is 0 Å². The van der Waals surface area contributed by atoms with Gasteiger partial charge in [-0.05, 0) is 40.2 Å². The van der Waals surface area contributed by atoms with E-state index in [0.29, 0.717) is 5.56 Å². The van der Waals surface area contributed by atoms with Crippen LogP contribution in [0.5, 0.6) is 0 Å². The van der Waals surface area contributed by atoms with E-state index in [9.17, 15) is 19.5 Å². The largest absolute Gasteiger partial charge is 0.463 e. The van der Waals surface area contributed by atoms with E-state index >= 15 is 0 Å². The average molecular weight is 376 g/mol. The molecule has 0 spiro atoms. The first-order valence-electron chi connectivity index (χ1n) is 9.25. The maximum atomic E-state index is 12.9. The van der Waals surface area contributed by atoms with Crippen molar-refractivity contribution in [2.75, 3.05) is 0 Å². The van der Waals surface area contributed by atoms with Crippen LogP contribution in [0.15, 0.2) is 30.3 Å². The van der Waals surface area contributed by atoms with E-state index in [2.05, 4.69) is 0 Å². The molecule has 1 aromatic carbocycles. The number of ketones is 1. The lowest BCUT2D eigenvalue weighted by molar-refractivity contribution is -0.176. The number of rotatable bonds is 5. The van der Waals surface area contributed by atoms with Gasteiger partial charge in [0.15, 0.2) is 5.78 Å². The van der Waals surface area contributed by atoms with Gasteiger partial charge >= 0.3 is 11.9 Å². The van der Waals surface area contributed by atoms with Gasteiger partial charge in [0.1, 0.15) is 5.92 Å². The van der Waals surface area contributed by atoms with Crippen LogP contribution in [0.4, 0.5) is 0 Å². The number of aliphatic hydroxyl groups is 1. The van der Waals surface area contributed by atoms with Crippen LogP contribution in [-0.2, 0) is 23.9 Å². The summed E-state index contributed by atoms with van der Waals surface area (Å²) >= 11 is 0. The van der Waals surface area contributed by atoms with Gasteiger partial charge in [0.05, 0.1) is 23.7 Å². The number of Topliss-reactive ketones (excluding diaryl/α,β-unsaturated/α-hetero) is 1. The van der Waals surface area contributed by atoms with Crippen LogP contribution in [0.2, 0.25) is 0 Å². The minimum absolute atomic E-state index is 0.313. The summed E-state index contributed by atoms with van der Waals surface area (Å²) < 4.78 is 10.7. The highest BCUT2D eigenvalue weighted by molar-refractivity contribution is 6.02. The van der Waals surface area contributed by atoms with Gasteiger partial charge in [0.25, 0.3) is 0 Å². The summed E-state index contributed by atoms with van der Waals surface area (Å²) in [6.07, 6.45) is -1.10. The van der Waals surface area contributed by atoms with Gasteiger partial charge in [-0.1, -0.05) is 30.3 Å². The topological polar surface area (TPSA) is 89.9 Å². The van der Waals surface area contributed by atoms with Crippen molar-refractivity contribution in [2.45, 2.75) is 64.8 Å². The third-order valence-corrected chi connectivity index (χ3v) is 4.66. The van der Waals surface area contributed by atoms with Crippen LogP contribution in [0.1, 0.15) is 52.5 Å². The van der Waals surface area contributed by atoms with Crippen LogP contribution < -0.4 is 0 Å². The number of benzene rings is 1. The van der Waals surface area contributed by atoms with Crippen LogP contribution in [0.3, 0.4) is 0 Å². The summed E-state index contributed by atoms with van der Waals surface area (Å²) in [6.45, 7) is 8.26. The van der Waals surface area contributed by atoms with E-state index in [0.717, 1.165) is 0 Å². The molecule has 0 bridgehead atoms. The zero-order valence-corrected chi connectivity index (χ0v) is 16.5. The second-order valence-electron chi connectivity index (χ2n) is 7.86. The van der Waals surface area contributed by atoms with E-state index in [1.54, 1.807) is 58.0 Å². The van der Waals surface area contributed by atoms with Crippen molar-refractivity contribution in [1.82, 2.24) is 0 Å². The molecule has 0 unspecified atom stereocenters. The molecular weight excluding hydrogens is 348 g/mol. The second kappa shape index (κ2) is 8.21. The van der Waals surface area contributed by atoms with Crippen LogP contribution >= 0.6 is 0 Å². The van der Waals surface area contributed by atoms with Crippen molar-refractivity contribution in [3.05, 3.63) is 35.9 Å². The SMILES string of the molecule is CC(C)OC(=O)[C@H]1C(=O)C[C@@](C)(O)[C@@H](C(=O)OC(C)C)[C@@H]1c1ccccc1. The summed E-state index contributed by atoms with van der Waals surface area (Å²) in [5.74, 6) is -4.84. The number of esters is 2. The molecule has 4 atom stereocenters. The Balaban J connectivity index is 2.57. The Morgan fingerprint density at radius 3 is 2.07 bits per heavy atom. The Hall–Kier alpha value is -2.21. The average Bonchev–Trinajstić information content (AvgIpc) is 2.52. The van der Waals surface area contributed by atoms with Crippen molar-refractivity contribution >= 4 is 17.7 Å². The highest BCUT2D eigenvalue weighted by Gasteiger charge is 2.57. The van der Waals surface area contributed by atoms with Gasteiger partial charge in [-0.3, -0.25) is 14.4 Å². The van der Waals surface area contributed by atoms with E-state index < -0.39 is 47.2 Å². The van der Waals surface area contributed by atoms with Crippen molar-refractivity contribution in [1.29, 1.82) is 0 Å². The second-order valence-corrected chi connectivity index (χ2v) is 7.86. The lowest BCUT2D eigenvalue weighted by Gasteiger charge is -2.44. The number of carbonyl (C=O) groups is 3. The minimum Gasteiger partial charge on any atom is -0.463 e. The number of hydrogen-bond acceptors (Lipinski definition) is 6. The monoisotopic (exact) mass is 376 g/mol. The van der Waals surface area contributed by atoms with Gasteiger partial charge in [-0.2, -0.15) is 0 Å². The third kappa shape index (κ3) is 4.75. The van der Waals surface area contributed by atoms with E-state index in [1.807, 2.05) is 0 Å². The van der Waals surface area contributed by atoms with E-state index in [-0.39, 0.29) is 12.5 Å². The predicted molar refractivity (Wildman–Crippen MR) is 98.9 cm³/mol. The van der Waals surface area contributed by atoms with Gasteiger partial charge in [-0.15, -0.1) is 0 Å². The summed E-state index contributed by atoms with van der Waals surface area (Å²) in [4.78, 5) is 38.4. The summed E-state index contributed by atoms with van der Waals surface area (Å²) in [5.41, 5.74) is -1.01. The Morgan fingerprint density at radius 2 is 1.56 bits per heavy atom. The first-order valence-corrected chi connectivity index (χ1v) is 9.25. The molecule has 6 heteroatoms.